The summed E-state index contributed by atoms with van der Waals surface area (Å²) in [7, 11) is 0. The maximum atomic E-state index is 13.2. The number of benzene rings is 1. The number of rotatable bonds is 5. The molecule has 0 unspecified atom stereocenters. The highest BCUT2D eigenvalue weighted by molar-refractivity contribution is 7.21. The second kappa shape index (κ2) is 8.74. The minimum atomic E-state index is -4.63. The lowest BCUT2D eigenvalue weighted by atomic mass is 10.1. The molecular weight excluding hydrogens is 473 g/mol. The van der Waals surface area contributed by atoms with Gasteiger partial charge in [-0.25, -0.2) is 19.4 Å². The molecule has 0 atom stereocenters. The van der Waals surface area contributed by atoms with Crippen LogP contribution in [0.3, 0.4) is 0 Å². The molecule has 0 radical (unpaired) electrons. The number of aryl methyl sites for hydroxylation is 2. The van der Waals surface area contributed by atoms with Gasteiger partial charge < -0.3 is 15.8 Å². The van der Waals surface area contributed by atoms with E-state index in [0.717, 1.165) is 40.8 Å². The number of carbonyl (C=O) groups excluding carboxylic acids is 2. The maximum Gasteiger partial charge on any atom is 0.416 e. The number of nitrogens with zero attached hydrogens (tertiary/aromatic N) is 4. The van der Waals surface area contributed by atoms with Gasteiger partial charge in [0.2, 0.25) is 0 Å². The van der Waals surface area contributed by atoms with Gasteiger partial charge in [-0.2, -0.15) is 18.3 Å². The van der Waals surface area contributed by atoms with Crippen LogP contribution in [0.2, 0.25) is 0 Å². The zero-order valence-corrected chi connectivity index (χ0v) is 18.6. The van der Waals surface area contributed by atoms with Crippen LogP contribution >= 0.6 is 11.3 Å². The number of fused-ring (bicyclic) bond motifs is 1. The van der Waals surface area contributed by atoms with E-state index in [1.165, 1.54) is 17.3 Å². The molecule has 4 aromatic rings. The topological polar surface area (TPSA) is 125 Å². The largest absolute Gasteiger partial charge is 0.451 e. The molecule has 0 spiro atoms. The lowest BCUT2D eigenvalue weighted by Crippen LogP contribution is -2.22. The van der Waals surface area contributed by atoms with Crippen molar-refractivity contribution in [1.82, 2.24) is 19.7 Å². The Labute approximate surface area is 194 Å². The van der Waals surface area contributed by atoms with Gasteiger partial charge >= 0.3 is 12.1 Å². The van der Waals surface area contributed by atoms with Gasteiger partial charge in [0.1, 0.15) is 22.4 Å². The minimum Gasteiger partial charge on any atom is -0.451 e. The van der Waals surface area contributed by atoms with Crippen molar-refractivity contribution in [3.63, 3.8) is 0 Å². The lowest BCUT2D eigenvalue weighted by molar-refractivity contribution is -0.137. The van der Waals surface area contributed by atoms with E-state index in [2.05, 4.69) is 20.4 Å². The van der Waals surface area contributed by atoms with Crippen LogP contribution < -0.4 is 11.1 Å². The van der Waals surface area contributed by atoms with E-state index in [4.69, 9.17) is 10.5 Å². The molecule has 34 heavy (non-hydrogen) atoms. The molecule has 3 N–H and O–H groups in total. The van der Waals surface area contributed by atoms with Crippen molar-refractivity contribution in [2.75, 3.05) is 17.7 Å². The molecule has 0 saturated carbocycles. The summed E-state index contributed by atoms with van der Waals surface area (Å²) in [4.78, 5) is 33.8. The molecule has 1 amide bonds. The van der Waals surface area contributed by atoms with Gasteiger partial charge in [-0.15, -0.1) is 11.3 Å². The normalized spacial score (nSPS) is 11.6. The van der Waals surface area contributed by atoms with Crippen LogP contribution in [0.5, 0.6) is 0 Å². The van der Waals surface area contributed by atoms with Crippen LogP contribution in [0.15, 0.2) is 36.9 Å². The predicted molar refractivity (Wildman–Crippen MR) is 119 cm³/mol. The highest BCUT2D eigenvalue weighted by atomic mass is 32.1. The number of amides is 1. The first-order valence-electron chi connectivity index (χ1n) is 9.74. The number of nitrogens with two attached hydrogens (primary N) is 1. The van der Waals surface area contributed by atoms with Gasteiger partial charge in [0.05, 0.1) is 22.6 Å². The molecule has 0 fully saturated rings. The Morgan fingerprint density at radius 2 is 2.00 bits per heavy atom. The fourth-order valence-corrected chi connectivity index (χ4v) is 4.46. The number of anilines is 2. The summed E-state index contributed by atoms with van der Waals surface area (Å²) in [6.45, 7) is 2.90. The molecule has 1 aromatic carbocycles. The Kier molecular flexibility index (Phi) is 5.96. The molecule has 0 aliphatic heterocycles. The fraction of sp³-hybridized carbons (Fsp3) is 0.190. The molecule has 0 aliphatic carbocycles. The number of carbonyl (C=O) groups is 2. The molecule has 9 nitrogen and oxygen atoms in total. The number of nitrogen functional groups attached to an aromatic ring is 1. The van der Waals surface area contributed by atoms with Crippen LogP contribution in [0.25, 0.3) is 15.9 Å². The van der Waals surface area contributed by atoms with Crippen molar-refractivity contribution < 1.29 is 27.5 Å². The zero-order chi connectivity index (χ0) is 24.6. The van der Waals surface area contributed by atoms with Gasteiger partial charge in [-0.1, -0.05) is 0 Å². The average Bonchev–Trinajstić information content (AvgIpc) is 3.39. The molecule has 13 heteroatoms. The average molecular weight is 490 g/mol. The lowest BCUT2D eigenvalue weighted by Gasteiger charge is -2.14. The highest BCUT2D eigenvalue weighted by Gasteiger charge is 2.31. The molecule has 3 aromatic heterocycles. The van der Waals surface area contributed by atoms with Crippen LogP contribution in [-0.2, 0) is 15.7 Å². The first kappa shape index (κ1) is 23.2. The van der Waals surface area contributed by atoms with E-state index >= 15 is 0 Å². The van der Waals surface area contributed by atoms with Crippen molar-refractivity contribution in [2.24, 2.45) is 0 Å². The number of ether oxygens (including phenoxy) is 1. The van der Waals surface area contributed by atoms with Crippen molar-refractivity contribution in [3.05, 3.63) is 58.6 Å². The van der Waals surface area contributed by atoms with Crippen LogP contribution in [0.1, 0.15) is 26.5 Å². The molecule has 0 aliphatic rings. The van der Waals surface area contributed by atoms with Gasteiger partial charge in [-0.3, -0.25) is 4.79 Å². The Morgan fingerprint density at radius 1 is 1.24 bits per heavy atom. The standard InChI is InChI=1S/C21H17F3N6O3S/c1-10-5-11(2)28-19-16(10)17(25)18(34-19)20(32)33-7-15(31)29-13-6-12(21(22,23)24)3-4-14(13)30-9-26-8-27-30/h3-6,8-9H,7,25H2,1-2H3,(H,29,31). The molecule has 176 valence electrons. The second-order valence-electron chi connectivity index (χ2n) is 7.30. The van der Waals surface area contributed by atoms with Gasteiger partial charge in [0, 0.05) is 11.1 Å². The van der Waals surface area contributed by atoms with E-state index in [-0.39, 0.29) is 21.9 Å². The van der Waals surface area contributed by atoms with Crippen molar-refractivity contribution >= 4 is 44.8 Å². The minimum absolute atomic E-state index is 0.0892. The van der Waals surface area contributed by atoms with Crippen molar-refractivity contribution in [3.8, 4) is 5.69 Å². The molecule has 0 bridgehead atoms. The number of alkyl halides is 3. The molecule has 3 heterocycles. The number of pyridine rings is 1. The summed E-state index contributed by atoms with van der Waals surface area (Å²) in [5, 5.41) is 6.84. The number of aromatic nitrogens is 4. The number of nitrogens with one attached hydrogen (secondary N) is 1. The van der Waals surface area contributed by atoms with Crippen molar-refractivity contribution in [2.45, 2.75) is 20.0 Å². The SMILES string of the molecule is Cc1cc(C)c2c(N)c(C(=O)OCC(=O)Nc3cc(C(F)(F)F)ccc3-n3cncn3)sc2n1. The number of thiophene rings is 1. The summed E-state index contributed by atoms with van der Waals surface area (Å²) in [6, 6.07) is 4.59. The first-order chi connectivity index (χ1) is 16.0. The van der Waals surface area contributed by atoms with Gasteiger partial charge in [-0.05, 0) is 43.7 Å². The second-order valence-corrected chi connectivity index (χ2v) is 8.30. The molecule has 4 rings (SSSR count). The highest BCUT2D eigenvalue weighted by Crippen LogP contribution is 2.36. The first-order valence-corrected chi connectivity index (χ1v) is 10.6. The number of hydrogen-bond donors (Lipinski definition) is 2. The molecule has 0 saturated heterocycles. The zero-order valence-electron chi connectivity index (χ0n) is 17.8. The van der Waals surface area contributed by atoms with E-state index in [0.29, 0.717) is 10.2 Å². The Morgan fingerprint density at radius 3 is 2.68 bits per heavy atom. The Balaban J connectivity index is 1.52. The van der Waals surface area contributed by atoms with Crippen molar-refractivity contribution in [1.29, 1.82) is 0 Å². The van der Waals surface area contributed by atoms with E-state index in [1.807, 2.05) is 19.9 Å². The quantitative estimate of drug-likeness (QED) is 0.407. The maximum absolute atomic E-state index is 13.2. The van der Waals surface area contributed by atoms with Crippen LogP contribution in [0, 0.1) is 13.8 Å². The third-order valence-electron chi connectivity index (χ3n) is 4.81. The summed E-state index contributed by atoms with van der Waals surface area (Å²) in [6.07, 6.45) is -2.17. The smallest absolute Gasteiger partial charge is 0.416 e. The number of esters is 1. The molecular formula is C21H17F3N6O3S. The third kappa shape index (κ3) is 4.55. The predicted octanol–water partition coefficient (Wildman–Crippen LogP) is 3.89. The third-order valence-corrected chi connectivity index (χ3v) is 5.89. The number of halogens is 3. The summed E-state index contributed by atoms with van der Waals surface area (Å²) in [5.74, 6) is -1.69. The van der Waals surface area contributed by atoms with Gasteiger partial charge in [0.25, 0.3) is 5.91 Å². The fourth-order valence-electron chi connectivity index (χ4n) is 3.35. The van der Waals surface area contributed by atoms with E-state index in [9.17, 15) is 22.8 Å². The summed E-state index contributed by atoms with van der Waals surface area (Å²) >= 11 is 1.04. The Bertz CT molecular complexity index is 1400. The Hall–Kier alpha value is -4.00. The summed E-state index contributed by atoms with van der Waals surface area (Å²) < 4.78 is 45.8. The van der Waals surface area contributed by atoms with Gasteiger partial charge in [0.15, 0.2) is 6.61 Å². The van der Waals surface area contributed by atoms with E-state index < -0.39 is 30.2 Å². The van der Waals surface area contributed by atoms with Crippen LogP contribution in [0.4, 0.5) is 24.5 Å². The van der Waals surface area contributed by atoms with E-state index in [1.54, 1.807) is 0 Å². The monoisotopic (exact) mass is 490 g/mol. The summed E-state index contributed by atoms with van der Waals surface area (Å²) in [5.41, 5.74) is 6.89. The number of hydrogen-bond acceptors (Lipinski definition) is 8. The van der Waals surface area contributed by atoms with Crippen LogP contribution in [-0.4, -0.2) is 38.2 Å².